The third kappa shape index (κ3) is 2.23. The highest BCUT2D eigenvalue weighted by Gasteiger charge is 2.12. The van der Waals surface area contributed by atoms with E-state index in [-0.39, 0.29) is 11.2 Å². The van der Waals surface area contributed by atoms with Crippen molar-refractivity contribution >= 4 is 34.4 Å². The molecule has 0 aromatic carbocycles. The zero-order valence-electron chi connectivity index (χ0n) is 8.51. The zero-order chi connectivity index (χ0) is 11.5. The van der Waals surface area contributed by atoms with Gasteiger partial charge in [0.25, 0.3) is 0 Å². The molecule has 2 aromatic rings. The molecule has 1 unspecified atom stereocenters. The summed E-state index contributed by atoms with van der Waals surface area (Å²) in [6.07, 6.45) is 3.13. The molecule has 0 aliphatic carbocycles. The first-order valence-corrected chi connectivity index (χ1v) is 5.86. The van der Waals surface area contributed by atoms with Crippen molar-refractivity contribution in [1.82, 2.24) is 15.0 Å². The quantitative estimate of drug-likeness (QED) is 0.824. The molecule has 3 N–H and O–H groups in total. The van der Waals surface area contributed by atoms with Crippen LogP contribution in [0.15, 0.2) is 17.9 Å². The SMILES string of the molecule is CC(Nc1ncnc(Cl)c1N)c1nccs1. The van der Waals surface area contributed by atoms with E-state index in [2.05, 4.69) is 20.3 Å². The van der Waals surface area contributed by atoms with Gasteiger partial charge in [0, 0.05) is 11.6 Å². The van der Waals surface area contributed by atoms with Gasteiger partial charge >= 0.3 is 0 Å². The highest BCUT2D eigenvalue weighted by Crippen LogP contribution is 2.26. The topological polar surface area (TPSA) is 76.7 Å². The number of nitrogens with one attached hydrogen (secondary N) is 1. The monoisotopic (exact) mass is 255 g/mol. The highest BCUT2D eigenvalue weighted by molar-refractivity contribution is 7.09. The van der Waals surface area contributed by atoms with Crippen molar-refractivity contribution in [3.05, 3.63) is 28.1 Å². The number of halogens is 1. The lowest BCUT2D eigenvalue weighted by Gasteiger charge is -2.13. The minimum Gasteiger partial charge on any atom is -0.393 e. The second-order valence-electron chi connectivity index (χ2n) is 3.16. The van der Waals surface area contributed by atoms with Crippen molar-refractivity contribution in [3.8, 4) is 0 Å². The average molecular weight is 256 g/mol. The third-order valence-electron chi connectivity index (χ3n) is 2.01. The Morgan fingerprint density at radius 1 is 1.44 bits per heavy atom. The predicted octanol–water partition coefficient (Wildman–Crippen LogP) is 2.34. The molecular weight excluding hydrogens is 246 g/mol. The first-order valence-electron chi connectivity index (χ1n) is 4.60. The van der Waals surface area contributed by atoms with Gasteiger partial charge in [0.1, 0.15) is 17.0 Å². The van der Waals surface area contributed by atoms with Gasteiger partial charge in [0.15, 0.2) is 11.0 Å². The minimum absolute atomic E-state index is 0.0354. The van der Waals surface area contributed by atoms with Crippen molar-refractivity contribution in [1.29, 1.82) is 0 Å². The summed E-state index contributed by atoms with van der Waals surface area (Å²) in [5.74, 6) is 0.530. The summed E-state index contributed by atoms with van der Waals surface area (Å²) in [7, 11) is 0. The molecule has 0 spiro atoms. The molecule has 0 aliphatic heterocycles. The molecule has 5 nitrogen and oxygen atoms in total. The summed E-state index contributed by atoms with van der Waals surface area (Å²) in [6, 6.07) is 0.0354. The fraction of sp³-hybridized carbons (Fsp3) is 0.222. The Balaban J connectivity index is 2.18. The van der Waals surface area contributed by atoms with Crippen molar-refractivity contribution in [2.24, 2.45) is 0 Å². The molecule has 0 bridgehead atoms. The van der Waals surface area contributed by atoms with Gasteiger partial charge in [-0.15, -0.1) is 11.3 Å². The number of hydrogen-bond acceptors (Lipinski definition) is 6. The molecule has 0 saturated carbocycles. The van der Waals surface area contributed by atoms with Crippen LogP contribution in [0.2, 0.25) is 5.15 Å². The van der Waals surface area contributed by atoms with Crippen molar-refractivity contribution in [2.45, 2.75) is 13.0 Å². The Morgan fingerprint density at radius 3 is 2.94 bits per heavy atom. The molecule has 2 heterocycles. The number of anilines is 2. The number of nitrogen functional groups attached to an aromatic ring is 1. The maximum atomic E-state index is 5.79. The van der Waals surface area contributed by atoms with Gasteiger partial charge in [0.2, 0.25) is 0 Å². The second kappa shape index (κ2) is 4.63. The van der Waals surface area contributed by atoms with E-state index in [4.69, 9.17) is 17.3 Å². The van der Waals surface area contributed by atoms with Crippen LogP contribution in [0.1, 0.15) is 18.0 Å². The van der Waals surface area contributed by atoms with E-state index in [1.54, 1.807) is 17.5 Å². The van der Waals surface area contributed by atoms with Gasteiger partial charge in [-0.1, -0.05) is 11.6 Å². The van der Waals surface area contributed by atoms with E-state index in [0.717, 1.165) is 5.01 Å². The molecule has 84 valence electrons. The fourth-order valence-corrected chi connectivity index (χ4v) is 1.98. The maximum Gasteiger partial charge on any atom is 0.157 e. The summed E-state index contributed by atoms with van der Waals surface area (Å²) >= 11 is 7.36. The van der Waals surface area contributed by atoms with E-state index in [0.29, 0.717) is 11.5 Å². The standard InChI is InChI=1S/C9H10ClN5S/c1-5(9-12-2-3-16-9)15-8-6(11)7(10)13-4-14-8/h2-5H,11H2,1H3,(H,13,14,15). The summed E-state index contributed by atoms with van der Waals surface area (Å²) in [6.45, 7) is 1.98. The van der Waals surface area contributed by atoms with Gasteiger partial charge < -0.3 is 11.1 Å². The second-order valence-corrected chi connectivity index (χ2v) is 4.45. The van der Waals surface area contributed by atoms with E-state index in [9.17, 15) is 0 Å². The Kier molecular flexibility index (Phi) is 3.21. The zero-order valence-corrected chi connectivity index (χ0v) is 10.1. The molecule has 7 heteroatoms. The van der Waals surface area contributed by atoms with E-state index in [1.807, 2.05) is 12.3 Å². The van der Waals surface area contributed by atoms with Crippen LogP contribution in [0, 0.1) is 0 Å². The normalized spacial score (nSPS) is 12.4. The molecule has 0 amide bonds. The Bertz CT molecular complexity index is 473. The number of nitrogens with two attached hydrogens (primary N) is 1. The van der Waals surface area contributed by atoms with Crippen LogP contribution in [-0.4, -0.2) is 15.0 Å². The average Bonchev–Trinajstić information content (AvgIpc) is 2.78. The van der Waals surface area contributed by atoms with Crippen molar-refractivity contribution in [2.75, 3.05) is 11.1 Å². The van der Waals surface area contributed by atoms with Gasteiger partial charge in [0.05, 0.1) is 6.04 Å². The van der Waals surface area contributed by atoms with Gasteiger partial charge in [-0.25, -0.2) is 15.0 Å². The lowest BCUT2D eigenvalue weighted by Crippen LogP contribution is -2.10. The summed E-state index contributed by atoms with van der Waals surface area (Å²) in [4.78, 5) is 12.0. The molecule has 0 fully saturated rings. The van der Waals surface area contributed by atoms with Crippen molar-refractivity contribution < 1.29 is 0 Å². The van der Waals surface area contributed by atoms with E-state index < -0.39 is 0 Å². The van der Waals surface area contributed by atoms with Gasteiger partial charge in [-0.05, 0) is 6.92 Å². The Hall–Kier alpha value is -1.40. The van der Waals surface area contributed by atoms with Crippen LogP contribution in [0.5, 0.6) is 0 Å². The first-order chi connectivity index (χ1) is 7.68. The fourth-order valence-electron chi connectivity index (χ4n) is 1.20. The van der Waals surface area contributed by atoms with Crippen LogP contribution in [0.25, 0.3) is 0 Å². The molecule has 16 heavy (non-hydrogen) atoms. The molecule has 0 saturated heterocycles. The molecule has 2 aromatic heterocycles. The van der Waals surface area contributed by atoms with Crippen LogP contribution >= 0.6 is 22.9 Å². The Morgan fingerprint density at radius 2 is 2.25 bits per heavy atom. The molecule has 2 rings (SSSR count). The van der Waals surface area contributed by atoms with Gasteiger partial charge in [-0.3, -0.25) is 0 Å². The lowest BCUT2D eigenvalue weighted by atomic mass is 10.3. The van der Waals surface area contributed by atoms with E-state index >= 15 is 0 Å². The van der Waals surface area contributed by atoms with Crippen molar-refractivity contribution in [3.63, 3.8) is 0 Å². The molecule has 0 aliphatic rings. The summed E-state index contributed by atoms with van der Waals surface area (Å²) < 4.78 is 0. The maximum absolute atomic E-state index is 5.79. The smallest absolute Gasteiger partial charge is 0.157 e. The van der Waals surface area contributed by atoms with E-state index in [1.165, 1.54) is 6.33 Å². The van der Waals surface area contributed by atoms with Crippen LogP contribution in [0.4, 0.5) is 11.5 Å². The summed E-state index contributed by atoms with van der Waals surface area (Å²) in [5.41, 5.74) is 6.10. The number of aromatic nitrogens is 3. The third-order valence-corrected chi connectivity index (χ3v) is 3.27. The number of rotatable bonds is 3. The first kappa shape index (κ1) is 11.1. The van der Waals surface area contributed by atoms with Crippen LogP contribution in [0.3, 0.4) is 0 Å². The largest absolute Gasteiger partial charge is 0.393 e. The molecule has 1 atom stereocenters. The molecular formula is C9H10ClN5S. The van der Waals surface area contributed by atoms with Gasteiger partial charge in [-0.2, -0.15) is 0 Å². The lowest BCUT2D eigenvalue weighted by molar-refractivity contribution is 0.859. The number of nitrogens with zero attached hydrogens (tertiary/aromatic N) is 3. The predicted molar refractivity (Wildman–Crippen MR) is 65.6 cm³/mol. The van der Waals surface area contributed by atoms with Crippen LogP contribution in [-0.2, 0) is 0 Å². The number of hydrogen-bond donors (Lipinski definition) is 2. The highest BCUT2D eigenvalue weighted by atomic mass is 35.5. The summed E-state index contributed by atoms with van der Waals surface area (Å²) in [5, 5.41) is 6.28. The van der Waals surface area contributed by atoms with Crippen LogP contribution < -0.4 is 11.1 Å². The molecule has 0 radical (unpaired) electrons. The Labute approximate surface area is 102 Å². The number of thiazole rings is 1. The minimum atomic E-state index is 0.0354.